The van der Waals surface area contributed by atoms with Gasteiger partial charge in [0, 0.05) is 62.5 Å². The van der Waals surface area contributed by atoms with E-state index in [4.69, 9.17) is 20.3 Å². The minimum atomic E-state index is -1.66. The van der Waals surface area contributed by atoms with Crippen molar-refractivity contribution in [2.75, 3.05) is 13.2 Å². The van der Waals surface area contributed by atoms with E-state index < -0.39 is 152 Å². The van der Waals surface area contributed by atoms with Crippen molar-refractivity contribution in [3.63, 3.8) is 0 Å². The van der Waals surface area contributed by atoms with Gasteiger partial charge in [0.1, 0.15) is 41.6 Å². The van der Waals surface area contributed by atoms with Crippen LogP contribution in [0.5, 0.6) is 0 Å². The fraction of sp³-hybridized carbons (Fsp3) is 0.589. The smallest absolute Gasteiger partial charge is 0.248 e. The number of allylic oxidation sites excluding steroid dienone is 18. The molecule has 0 saturated carbocycles. The number of aliphatic hydroxyl groups is 16. The van der Waals surface area contributed by atoms with Crippen LogP contribution < -0.4 is 16.4 Å². The van der Waals surface area contributed by atoms with Gasteiger partial charge >= 0.3 is 0 Å². The highest BCUT2D eigenvalue weighted by Gasteiger charge is 2.44. The summed E-state index contributed by atoms with van der Waals surface area (Å²) < 4.78 is 11.7. The molecule has 552 valence electrons. The number of ketones is 2. The van der Waals surface area contributed by atoms with Crippen molar-refractivity contribution in [1.29, 1.82) is 0 Å². The van der Waals surface area contributed by atoms with Crippen LogP contribution in [0.1, 0.15) is 130 Å². The number of nitrogens with two attached hydrogens (primary N) is 1. The maximum atomic E-state index is 13.6. The Labute approximate surface area is 576 Å². The first-order chi connectivity index (χ1) is 46.5. The van der Waals surface area contributed by atoms with E-state index in [0.29, 0.717) is 12.8 Å². The predicted octanol–water partition coefficient (Wildman–Crippen LogP) is 2.47. The zero-order valence-corrected chi connectivity index (χ0v) is 56.9. The molecule has 2 aliphatic rings. The number of aliphatic hydroxyl groups excluding tert-OH is 16. The molecule has 1 fully saturated rings. The number of hydrogen-bond donors (Lipinski definition) is 19. The van der Waals surface area contributed by atoms with Crippen molar-refractivity contribution in [3.05, 3.63) is 157 Å². The van der Waals surface area contributed by atoms with Gasteiger partial charge in [-0.1, -0.05) is 161 Å². The van der Waals surface area contributed by atoms with E-state index >= 15 is 0 Å². The highest BCUT2D eigenvalue weighted by Crippen LogP contribution is 2.28. The molecule has 21 atom stereocenters. The molecule has 0 spiro atoms. The highest BCUT2D eigenvalue weighted by molar-refractivity contribution is 6.03. The topological polar surface area (TPSA) is 461 Å². The Kier molecular flexibility index (Phi) is 45.2. The Morgan fingerprint density at radius 2 is 1.11 bits per heavy atom. The van der Waals surface area contributed by atoms with Crippen LogP contribution in [0, 0.1) is 17.8 Å². The number of unbranched alkanes of at least 4 members (excludes halogenated alkanes) is 1. The van der Waals surface area contributed by atoms with E-state index in [1.54, 1.807) is 92.8 Å². The number of carbonyl (C=O) groups is 4. The summed E-state index contributed by atoms with van der Waals surface area (Å²) in [6.07, 6.45) is 22.2. The van der Waals surface area contributed by atoms with Crippen molar-refractivity contribution in [2.45, 2.75) is 240 Å². The molecule has 1 heterocycles. The van der Waals surface area contributed by atoms with Crippen LogP contribution >= 0.6 is 0 Å². The summed E-state index contributed by atoms with van der Waals surface area (Å²) in [5.74, 6) is -3.46. The Morgan fingerprint density at radius 1 is 0.592 bits per heavy atom. The van der Waals surface area contributed by atoms with E-state index in [0.717, 1.165) is 12.8 Å². The standard InChI is InChI=1S/C73H113N3O22/c1-47(27-20-16-12-8-5-6-11-15-19-23-35-66(91)76-67-62(88)36-37-63(67)89)68(92)49(3)61(87)33-21-17-13-9-7-10-14-18-22-34-65(98-73-71(95)70(94)69(93)50(4)97-73)48(2)64(90)45-59(86)44-58(85)42-54(81)31-25-30-53(80)41-57(84)43-56(83)40-52(79)29-24-28-51(78)39-55(82)32-26-38-75-72(96)60(74)46-77/h5-11,13-15,17-25,27,29,31,33,35,47-61,65,68-71,73,77-88,92-95H,12,16,26,28,30,32,34,36-46,74H2,1-4H3,(H,75,96)(H,76,91)/b8-5+,9-7+,11-6+,14-10+,17-13+,19-15+,22-18+,27-20+,29-24+,31-25+,33-21+,35-23+. The van der Waals surface area contributed by atoms with Gasteiger partial charge in [0.2, 0.25) is 11.8 Å². The summed E-state index contributed by atoms with van der Waals surface area (Å²) in [5, 5.41) is 171. The fourth-order valence-corrected chi connectivity index (χ4v) is 10.4. The van der Waals surface area contributed by atoms with Gasteiger partial charge in [-0.3, -0.25) is 19.2 Å². The third-order valence-electron chi connectivity index (χ3n) is 16.4. The largest absolute Gasteiger partial charge is 0.510 e. The van der Waals surface area contributed by atoms with Crippen LogP contribution in [-0.4, -0.2) is 228 Å². The predicted molar refractivity (Wildman–Crippen MR) is 370 cm³/mol. The number of rotatable bonds is 49. The summed E-state index contributed by atoms with van der Waals surface area (Å²) >= 11 is 0. The van der Waals surface area contributed by atoms with E-state index in [2.05, 4.69) is 10.6 Å². The molecule has 1 aliphatic carbocycles. The number of Topliss-reactive ketones (excluding diaryl/α,β-unsaturated/α-hetero) is 2. The van der Waals surface area contributed by atoms with Crippen molar-refractivity contribution in [2.24, 2.45) is 23.5 Å². The number of ether oxygens (including phenoxy) is 2. The monoisotopic (exact) mass is 1380 g/mol. The van der Waals surface area contributed by atoms with Gasteiger partial charge in [0.15, 0.2) is 12.1 Å². The van der Waals surface area contributed by atoms with Crippen molar-refractivity contribution in [3.8, 4) is 0 Å². The van der Waals surface area contributed by atoms with Gasteiger partial charge < -0.3 is 108 Å². The molecule has 2 amide bonds. The Bertz CT molecular complexity index is 2720. The van der Waals surface area contributed by atoms with E-state index in [-0.39, 0.29) is 100 Å². The summed E-state index contributed by atoms with van der Waals surface area (Å²) in [4.78, 5) is 48.8. The first kappa shape index (κ1) is 88.1. The van der Waals surface area contributed by atoms with Crippen LogP contribution in [0.25, 0.3) is 0 Å². The summed E-state index contributed by atoms with van der Waals surface area (Å²) in [6.45, 7) is 6.45. The molecule has 98 heavy (non-hydrogen) atoms. The zero-order chi connectivity index (χ0) is 73.1. The molecule has 20 N–H and O–H groups in total. The molecule has 1 aliphatic heterocycles. The summed E-state index contributed by atoms with van der Waals surface area (Å²) in [7, 11) is 0. The van der Waals surface area contributed by atoms with Crippen molar-refractivity contribution in [1.82, 2.24) is 10.6 Å². The lowest BCUT2D eigenvalue weighted by molar-refractivity contribution is -0.306. The molecule has 25 nitrogen and oxygen atoms in total. The van der Waals surface area contributed by atoms with Gasteiger partial charge in [0.25, 0.3) is 0 Å². The van der Waals surface area contributed by atoms with Crippen LogP contribution in [0.2, 0.25) is 0 Å². The lowest BCUT2D eigenvalue weighted by Crippen LogP contribution is -2.58. The van der Waals surface area contributed by atoms with Crippen LogP contribution in [0.15, 0.2) is 157 Å². The molecular weight excluding hydrogens is 1270 g/mol. The Balaban J connectivity index is 1.79. The second-order valence-electron chi connectivity index (χ2n) is 25.2. The fourth-order valence-electron chi connectivity index (χ4n) is 10.4. The van der Waals surface area contributed by atoms with E-state index in [1.165, 1.54) is 43.4 Å². The molecular formula is C73H113N3O22. The molecule has 0 aromatic heterocycles. The Morgan fingerprint density at radius 3 is 1.69 bits per heavy atom. The van der Waals surface area contributed by atoms with E-state index in [9.17, 15) is 95.8 Å². The minimum Gasteiger partial charge on any atom is -0.510 e. The molecule has 1 saturated heterocycles. The maximum Gasteiger partial charge on any atom is 0.248 e. The van der Waals surface area contributed by atoms with Crippen molar-refractivity contribution < 1.29 is 110 Å². The lowest BCUT2D eigenvalue weighted by atomic mass is 9.88. The normalized spacial score (nSPS) is 23.6. The number of hydrogen-bond acceptors (Lipinski definition) is 23. The third-order valence-corrected chi connectivity index (χ3v) is 16.4. The quantitative estimate of drug-likeness (QED) is 0.0180. The van der Waals surface area contributed by atoms with Crippen LogP contribution in [-0.2, 0) is 28.7 Å². The Hall–Kier alpha value is -6.02. The SMILES string of the molecule is CC(/C=C/CC/C=C/C=C/C=C/C=C/C(=O)NC1=C(O)CCC1=O)C(O)C(C)C(O)/C=C/C=C/C=C/C=C/C=C/CC(OC1OC(C)C(O)C(O)C1O)C(C)C(=O)CC(O)CC(O)CC(O)/C=C/CC(O)CC(O)CC(O)CC(O)/C=C/CC(O)CC(O)CCCNC(=O)C(N)CO. The van der Waals surface area contributed by atoms with Crippen LogP contribution in [0.3, 0.4) is 0 Å². The second kappa shape index (κ2) is 50.3. The molecule has 2 rings (SSSR count). The average Bonchev–Trinajstić information content (AvgIpc) is 0.935. The van der Waals surface area contributed by atoms with Gasteiger partial charge in [-0.05, 0) is 77.6 Å². The summed E-state index contributed by atoms with van der Waals surface area (Å²) in [5.41, 5.74) is 5.38. The zero-order valence-electron chi connectivity index (χ0n) is 56.9. The number of nitrogens with one attached hydrogen (secondary N) is 2. The molecule has 0 radical (unpaired) electrons. The molecule has 0 bridgehead atoms. The minimum absolute atomic E-state index is 0.00342. The van der Waals surface area contributed by atoms with Crippen LogP contribution in [0.4, 0.5) is 0 Å². The molecule has 0 aromatic carbocycles. The lowest BCUT2D eigenvalue weighted by Gasteiger charge is -2.41. The first-order valence-corrected chi connectivity index (χ1v) is 33.8. The third kappa shape index (κ3) is 38.0. The van der Waals surface area contributed by atoms with Gasteiger partial charge in [0.05, 0.1) is 86.0 Å². The first-order valence-electron chi connectivity index (χ1n) is 33.8. The van der Waals surface area contributed by atoms with E-state index in [1.807, 2.05) is 37.3 Å². The molecule has 0 aromatic rings. The van der Waals surface area contributed by atoms with Crippen molar-refractivity contribution >= 4 is 23.4 Å². The number of carbonyl (C=O) groups excluding carboxylic acids is 4. The summed E-state index contributed by atoms with van der Waals surface area (Å²) in [6, 6.07) is -1.03. The van der Waals surface area contributed by atoms with Gasteiger partial charge in [-0.25, -0.2) is 0 Å². The van der Waals surface area contributed by atoms with Gasteiger partial charge in [-0.2, -0.15) is 0 Å². The average molecular weight is 1380 g/mol. The second-order valence-corrected chi connectivity index (χ2v) is 25.2. The van der Waals surface area contributed by atoms with Gasteiger partial charge in [-0.15, -0.1) is 0 Å². The highest BCUT2D eigenvalue weighted by atomic mass is 16.7. The maximum absolute atomic E-state index is 13.6. The molecule has 21 unspecified atom stereocenters. The molecule has 25 heteroatoms. The number of amides is 2.